The number of aliphatic hydroxyl groups is 1. The molecule has 0 aliphatic rings. The van der Waals surface area contributed by atoms with E-state index in [0.29, 0.717) is 21.3 Å². The van der Waals surface area contributed by atoms with E-state index in [4.69, 9.17) is 4.74 Å². The standard InChI is InChI=1S/C15H14BrNO4/c1-10(18)12-6-2-3-8-14(12)21-9-11-5-4-7-13(15(11)16)17(19)20/h2-8,10,18H,9H2,1H3. The van der Waals surface area contributed by atoms with Gasteiger partial charge in [-0.25, -0.2) is 0 Å². The third kappa shape index (κ3) is 3.59. The largest absolute Gasteiger partial charge is 0.488 e. The van der Waals surface area contributed by atoms with Gasteiger partial charge >= 0.3 is 0 Å². The van der Waals surface area contributed by atoms with Crippen LogP contribution in [-0.4, -0.2) is 10.0 Å². The highest BCUT2D eigenvalue weighted by Gasteiger charge is 2.16. The highest BCUT2D eigenvalue weighted by Crippen LogP contribution is 2.30. The van der Waals surface area contributed by atoms with Gasteiger partial charge < -0.3 is 9.84 Å². The van der Waals surface area contributed by atoms with Gasteiger partial charge in [0.2, 0.25) is 0 Å². The molecule has 21 heavy (non-hydrogen) atoms. The second-order valence-corrected chi connectivity index (χ2v) is 5.30. The van der Waals surface area contributed by atoms with E-state index in [1.165, 1.54) is 6.07 Å². The Balaban J connectivity index is 2.21. The third-order valence-corrected chi connectivity index (χ3v) is 3.92. The van der Waals surface area contributed by atoms with Gasteiger partial charge in [0, 0.05) is 17.2 Å². The summed E-state index contributed by atoms with van der Waals surface area (Å²) in [7, 11) is 0. The molecule has 0 aliphatic heterocycles. The van der Waals surface area contributed by atoms with Gasteiger partial charge in [-0.15, -0.1) is 0 Å². The number of aliphatic hydroxyl groups excluding tert-OH is 1. The Kier molecular flexibility index (Phi) is 4.93. The summed E-state index contributed by atoms with van der Waals surface area (Å²) >= 11 is 3.23. The van der Waals surface area contributed by atoms with Crippen LogP contribution in [0.1, 0.15) is 24.2 Å². The van der Waals surface area contributed by atoms with E-state index >= 15 is 0 Å². The van der Waals surface area contributed by atoms with Crippen molar-refractivity contribution in [3.8, 4) is 5.75 Å². The minimum Gasteiger partial charge on any atom is -0.488 e. The van der Waals surface area contributed by atoms with Gasteiger partial charge in [-0.3, -0.25) is 10.1 Å². The number of nitro benzene ring substituents is 1. The Morgan fingerprint density at radius 1 is 1.29 bits per heavy atom. The maximum atomic E-state index is 10.9. The van der Waals surface area contributed by atoms with Gasteiger partial charge in [-0.05, 0) is 28.9 Å². The van der Waals surface area contributed by atoms with E-state index in [9.17, 15) is 15.2 Å². The van der Waals surface area contributed by atoms with E-state index in [1.807, 2.05) is 12.1 Å². The summed E-state index contributed by atoms with van der Waals surface area (Å²) in [5, 5.41) is 20.6. The molecule has 0 bridgehead atoms. The molecular weight excluding hydrogens is 338 g/mol. The van der Waals surface area contributed by atoms with Gasteiger partial charge in [-0.2, -0.15) is 0 Å². The number of nitrogens with zero attached hydrogens (tertiary/aromatic N) is 1. The molecule has 0 radical (unpaired) electrons. The molecule has 2 aromatic rings. The molecule has 0 saturated carbocycles. The van der Waals surface area contributed by atoms with Crippen molar-refractivity contribution in [2.24, 2.45) is 0 Å². The molecule has 0 aliphatic carbocycles. The number of benzene rings is 2. The summed E-state index contributed by atoms with van der Waals surface area (Å²) in [5.41, 5.74) is 1.35. The van der Waals surface area contributed by atoms with Crippen molar-refractivity contribution >= 4 is 21.6 Å². The lowest BCUT2D eigenvalue weighted by atomic mass is 10.1. The highest BCUT2D eigenvalue weighted by atomic mass is 79.9. The van der Waals surface area contributed by atoms with Gasteiger partial charge in [0.15, 0.2) is 0 Å². The molecule has 1 atom stereocenters. The number of ether oxygens (including phenoxy) is 1. The predicted octanol–water partition coefficient (Wildman–Crippen LogP) is 3.99. The monoisotopic (exact) mass is 351 g/mol. The zero-order valence-corrected chi connectivity index (χ0v) is 12.9. The van der Waals surface area contributed by atoms with E-state index in [2.05, 4.69) is 15.9 Å². The summed E-state index contributed by atoms with van der Waals surface area (Å²) in [6.07, 6.45) is -0.644. The van der Waals surface area contributed by atoms with Crippen LogP contribution in [0.5, 0.6) is 5.75 Å². The zero-order valence-electron chi connectivity index (χ0n) is 11.3. The zero-order chi connectivity index (χ0) is 15.4. The second kappa shape index (κ2) is 6.69. The molecule has 0 amide bonds. The van der Waals surface area contributed by atoms with Crippen LogP contribution >= 0.6 is 15.9 Å². The molecule has 0 heterocycles. The molecular formula is C15H14BrNO4. The highest BCUT2D eigenvalue weighted by molar-refractivity contribution is 9.10. The van der Waals surface area contributed by atoms with Crippen LogP contribution in [0.4, 0.5) is 5.69 Å². The minimum absolute atomic E-state index is 0.0000820. The Morgan fingerprint density at radius 3 is 2.67 bits per heavy atom. The predicted molar refractivity (Wildman–Crippen MR) is 82.2 cm³/mol. The molecule has 0 aromatic heterocycles. The summed E-state index contributed by atoms with van der Waals surface area (Å²) in [4.78, 5) is 10.4. The van der Waals surface area contributed by atoms with Crippen LogP contribution in [-0.2, 0) is 6.61 Å². The molecule has 0 fully saturated rings. The van der Waals surface area contributed by atoms with Crippen LogP contribution in [0.15, 0.2) is 46.9 Å². The van der Waals surface area contributed by atoms with Crippen LogP contribution in [0.25, 0.3) is 0 Å². The normalized spacial score (nSPS) is 12.0. The Labute approximate surface area is 130 Å². The first-order valence-corrected chi connectivity index (χ1v) is 7.11. The smallest absolute Gasteiger partial charge is 0.283 e. The lowest BCUT2D eigenvalue weighted by molar-refractivity contribution is -0.385. The molecule has 2 aromatic carbocycles. The van der Waals surface area contributed by atoms with E-state index < -0.39 is 11.0 Å². The van der Waals surface area contributed by atoms with Crippen molar-refractivity contribution in [3.05, 3.63) is 68.2 Å². The van der Waals surface area contributed by atoms with E-state index in [-0.39, 0.29) is 12.3 Å². The van der Waals surface area contributed by atoms with Crippen LogP contribution in [0, 0.1) is 10.1 Å². The number of para-hydroxylation sites is 1. The summed E-state index contributed by atoms with van der Waals surface area (Å²) in [6.45, 7) is 1.83. The van der Waals surface area contributed by atoms with Crippen LogP contribution in [0.2, 0.25) is 0 Å². The van der Waals surface area contributed by atoms with Crippen LogP contribution in [0.3, 0.4) is 0 Å². The van der Waals surface area contributed by atoms with Gasteiger partial charge in [0.1, 0.15) is 16.8 Å². The molecule has 0 saturated heterocycles. The van der Waals surface area contributed by atoms with Gasteiger partial charge in [0.25, 0.3) is 5.69 Å². The summed E-state index contributed by atoms with van der Waals surface area (Å²) in [6, 6.07) is 12.0. The lowest BCUT2D eigenvalue weighted by Gasteiger charge is -2.13. The number of nitro groups is 1. The maximum Gasteiger partial charge on any atom is 0.283 e. The fourth-order valence-electron chi connectivity index (χ4n) is 1.93. The van der Waals surface area contributed by atoms with Crippen molar-refractivity contribution in [2.75, 3.05) is 0 Å². The number of hydrogen-bond donors (Lipinski definition) is 1. The lowest BCUT2D eigenvalue weighted by Crippen LogP contribution is -2.02. The number of rotatable bonds is 5. The average molecular weight is 352 g/mol. The third-order valence-electron chi connectivity index (χ3n) is 3.01. The Bertz CT molecular complexity index is 658. The first-order chi connectivity index (χ1) is 10.0. The van der Waals surface area contributed by atoms with Crippen molar-refractivity contribution in [2.45, 2.75) is 19.6 Å². The van der Waals surface area contributed by atoms with Crippen LogP contribution < -0.4 is 4.74 Å². The fraction of sp³-hybridized carbons (Fsp3) is 0.200. The second-order valence-electron chi connectivity index (χ2n) is 4.51. The molecule has 0 spiro atoms. The summed E-state index contributed by atoms with van der Waals surface area (Å²) < 4.78 is 6.09. The number of halogens is 1. The molecule has 1 unspecified atom stereocenters. The molecule has 110 valence electrons. The van der Waals surface area contributed by atoms with Crippen molar-refractivity contribution in [3.63, 3.8) is 0 Å². The molecule has 6 heteroatoms. The Morgan fingerprint density at radius 2 is 2.00 bits per heavy atom. The molecule has 5 nitrogen and oxygen atoms in total. The van der Waals surface area contributed by atoms with Crippen molar-refractivity contribution < 1.29 is 14.8 Å². The first-order valence-electron chi connectivity index (χ1n) is 6.32. The number of hydrogen-bond acceptors (Lipinski definition) is 4. The van der Waals surface area contributed by atoms with E-state index in [1.54, 1.807) is 31.2 Å². The summed E-state index contributed by atoms with van der Waals surface area (Å²) in [5.74, 6) is 0.561. The fourth-order valence-corrected chi connectivity index (χ4v) is 2.45. The first kappa shape index (κ1) is 15.5. The van der Waals surface area contributed by atoms with Crippen molar-refractivity contribution in [1.29, 1.82) is 0 Å². The van der Waals surface area contributed by atoms with Crippen molar-refractivity contribution in [1.82, 2.24) is 0 Å². The molecule has 1 N–H and O–H groups in total. The van der Waals surface area contributed by atoms with E-state index in [0.717, 1.165) is 0 Å². The topological polar surface area (TPSA) is 72.6 Å². The Hall–Kier alpha value is -1.92. The quantitative estimate of drug-likeness (QED) is 0.652. The maximum absolute atomic E-state index is 10.9. The molecule has 2 rings (SSSR count). The minimum atomic E-state index is -0.644. The van der Waals surface area contributed by atoms with Gasteiger partial charge in [-0.1, -0.05) is 30.3 Å². The SMILES string of the molecule is CC(O)c1ccccc1OCc1cccc([N+](=O)[O-])c1Br. The average Bonchev–Trinajstić information content (AvgIpc) is 2.46. The van der Waals surface area contributed by atoms with Gasteiger partial charge in [0.05, 0.1) is 11.0 Å².